The van der Waals surface area contributed by atoms with E-state index in [4.69, 9.17) is 0 Å². The predicted molar refractivity (Wildman–Crippen MR) is 70.2 cm³/mol. The average Bonchev–Trinajstić information content (AvgIpc) is 2.34. The van der Waals surface area contributed by atoms with Gasteiger partial charge >= 0.3 is 0 Å². The van der Waals surface area contributed by atoms with Gasteiger partial charge in [0.25, 0.3) is 0 Å². The van der Waals surface area contributed by atoms with Gasteiger partial charge < -0.3 is 15.3 Å². The molecule has 0 aliphatic heterocycles. The van der Waals surface area contributed by atoms with Crippen molar-refractivity contribution in [1.82, 2.24) is 0 Å². The third-order valence-corrected chi connectivity index (χ3v) is 3.14. The topological polar surface area (TPSA) is 60.7 Å². The first-order valence-electron chi connectivity index (χ1n) is 5.78. The molecular formula is C15H16O3. The van der Waals surface area contributed by atoms with Crippen LogP contribution in [0.5, 0.6) is 17.2 Å². The van der Waals surface area contributed by atoms with Crippen LogP contribution in [0.15, 0.2) is 30.3 Å². The number of aromatic hydroxyl groups is 3. The van der Waals surface area contributed by atoms with Crippen LogP contribution in [0.1, 0.15) is 22.3 Å². The Morgan fingerprint density at radius 1 is 0.889 bits per heavy atom. The van der Waals surface area contributed by atoms with E-state index in [1.54, 1.807) is 25.1 Å². The molecule has 18 heavy (non-hydrogen) atoms. The highest BCUT2D eigenvalue weighted by Crippen LogP contribution is 2.31. The predicted octanol–water partition coefficient (Wildman–Crippen LogP) is 3.01. The van der Waals surface area contributed by atoms with E-state index < -0.39 is 0 Å². The fourth-order valence-corrected chi connectivity index (χ4v) is 1.94. The largest absolute Gasteiger partial charge is 0.508 e. The Morgan fingerprint density at radius 3 is 2.22 bits per heavy atom. The van der Waals surface area contributed by atoms with Crippen LogP contribution in [0.3, 0.4) is 0 Å². The smallest absolute Gasteiger partial charge is 0.125 e. The first kappa shape index (κ1) is 12.3. The van der Waals surface area contributed by atoms with E-state index in [0.29, 0.717) is 12.0 Å². The SMILES string of the molecule is Cc1cc(Cc2ccc(O)c(C)c2O)ccc1O. The van der Waals surface area contributed by atoms with Crippen LogP contribution in [0.25, 0.3) is 0 Å². The van der Waals surface area contributed by atoms with Crippen molar-refractivity contribution in [2.24, 2.45) is 0 Å². The van der Waals surface area contributed by atoms with Gasteiger partial charge in [0.15, 0.2) is 0 Å². The summed E-state index contributed by atoms with van der Waals surface area (Å²) in [5.41, 5.74) is 3.06. The highest BCUT2D eigenvalue weighted by molar-refractivity contribution is 5.49. The van der Waals surface area contributed by atoms with Crippen molar-refractivity contribution in [2.75, 3.05) is 0 Å². The van der Waals surface area contributed by atoms with Crippen molar-refractivity contribution in [2.45, 2.75) is 20.3 Å². The monoisotopic (exact) mass is 244 g/mol. The summed E-state index contributed by atoms with van der Waals surface area (Å²) in [5.74, 6) is 0.490. The van der Waals surface area contributed by atoms with Gasteiger partial charge in [-0.1, -0.05) is 18.2 Å². The van der Waals surface area contributed by atoms with Crippen molar-refractivity contribution >= 4 is 0 Å². The molecule has 3 nitrogen and oxygen atoms in total. The molecule has 0 aliphatic rings. The van der Waals surface area contributed by atoms with Gasteiger partial charge in [-0.05, 0) is 42.7 Å². The van der Waals surface area contributed by atoms with Crippen LogP contribution in [0.2, 0.25) is 0 Å². The molecule has 0 radical (unpaired) electrons. The Hall–Kier alpha value is -2.16. The van der Waals surface area contributed by atoms with Crippen molar-refractivity contribution in [1.29, 1.82) is 0 Å². The molecule has 2 aromatic carbocycles. The fourth-order valence-electron chi connectivity index (χ4n) is 1.94. The average molecular weight is 244 g/mol. The van der Waals surface area contributed by atoms with Crippen LogP contribution in [0, 0.1) is 13.8 Å². The summed E-state index contributed by atoms with van der Waals surface area (Å²) in [7, 11) is 0. The quantitative estimate of drug-likeness (QED) is 0.761. The second-order valence-electron chi connectivity index (χ2n) is 4.52. The summed E-state index contributed by atoms with van der Waals surface area (Å²) < 4.78 is 0. The zero-order valence-corrected chi connectivity index (χ0v) is 10.4. The summed E-state index contributed by atoms with van der Waals surface area (Å²) in [5, 5.41) is 28.9. The van der Waals surface area contributed by atoms with Gasteiger partial charge in [0, 0.05) is 12.0 Å². The van der Waals surface area contributed by atoms with Crippen molar-refractivity contribution < 1.29 is 15.3 Å². The molecule has 0 heterocycles. The number of hydrogen-bond donors (Lipinski definition) is 3. The highest BCUT2D eigenvalue weighted by Gasteiger charge is 2.09. The van der Waals surface area contributed by atoms with Crippen molar-refractivity contribution in [3.63, 3.8) is 0 Å². The maximum atomic E-state index is 9.95. The minimum Gasteiger partial charge on any atom is -0.508 e. The first-order valence-corrected chi connectivity index (χ1v) is 5.78. The Morgan fingerprint density at radius 2 is 1.56 bits per heavy atom. The molecule has 0 aromatic heterocycles. The minimum atomic E-state index is 0.0955. The van der Waals surface area contributed by atoms with Gasteiger partial charge in [0.05, 0.1) is 0 Å². The van der Waals surface area contributed by atoms with Crippen molar-refractivity contribution in [3.05, 3.63) is 52.6 Å². The minimum absolute atomic E-state index is 0.0955. The number of benzene rings is 2. The van der Waals surface area contributed by atoms with Gasteiger partial charge in [0.1, 0.15) is 17.2 Å². The zero-order valence-electron chi connectivity index (χ0n) is 10.4. The van der Waals surface area contributed by atoms with E-state index in [-0.39, 0.29) is 17.2 Å². The van der Waals surface area contributed by atoms with Gasteiger partial charge in [-0.2, -0.15) is 0 Å². The highest BCUT2D eigenvalue weighted by atomic mass is 16.3. The molecule has 0 atom stereocenters. The molecule has 2 aromatic rings. The Kier molecular flexibility index (Phi) is 3.15. The Labute approximate surface area is 106 Å². The molecule has 0 spiro atoms. The van der Waals surface area contributed by atoms with Crippen LogP contribution in [-0.4, -0.2) is 15.3 Å². The first-order chi connectivity index (χ1) is 8.49. The van der Waals surface area contributed by atoms with E-state index >= 15 is 0 Å². The zero-order chi connectivity index (χ0) is 13.3. The lowest BCUT2D eigenvalue weighted by Gasteiger charge is -2.09. The summed E-state index contributed by atoms with van der Waals surface area (Å²) >= 11 is 0. The standard InChI is InChI=1S/C15H16O3/c1-9-7-11(3-5-13(9)16)8-12-4-6-14(17)10(2)15(12)18/h3-7,16-18H,8H2,1-2H3. The second-order valence-corrected chi connectivity index (χ2v) is 4.52. The number of rotatable bonds is 2. The number of phenols is 3. The van der Waals surface area contributed by atoms with E-state index in [1.165, 1.54) is 0 Å². The molecule has 0 aliphatic carbocycles. The van der Waals surface area contributed by atoms with Crippen LogP contribution in [0.4, 0.5) is 0 Å². The molecule has 94 valence electrons. The molecule has 0 unspecified atom stereocenters. The normalized spacial score (nSPS) is 10.6. The van der Waals surface area contributed by atoms with Crippen LogP contribution < -0.4 is 0 Å². The molecule has 0 amide bonds. The molecule has 3 N–H and O–H groups in total. The lowest BCUT2D eigenvalue weighted by molar-refractivity contribution is 0.439. The van der Waals surface area contributed by atoms with Crippen LogP contribution in [-0.2, 0) is 6.42 Å². The van der Waals surface area contributed by atoms with E-state index in [9.17, 15) is 15.3 Å². The van der Waals surface area contributed by atoms with E-state index in [1.807, 2.05) is 19.1 Å². The molecule has 0 saturated heterocycles. The molecule has 2 rings (SSSR count). The molecule has 0 fully saturated rings. The van der Waals surface area contributed by atoms with E-state index in [2.05, 4.69) is 0 Å². The summed E-state index contributed by atoms with van der Waals surface area (Å²) in [6.45, 7) is 3.51. The molecular weight excluding hydrogens is 228 g/mol. The summed E-state index contributed by atoms with van der Waals surface area (Å²) in [6, 6.07) is 8.65. The molecule has 0 saturated carbocycles. The van der Waals surface area contributed by atoms with Gasteiger partial charge in [0.2, 0.25) is 0 Å². The number of phenolic OH excluding ortho intramolecular Hbond substituents is 3. The Balaban J connectivity index is 2.34. The number of hydrogen-bond acceptors (Lipinski definition) is 3. The second kappa shape index (κ2) is 4.61. The summed E-state index contributed by atoms with van der Waals surface area (Å²) in [6.07, 6.45) is 0.564. The third-order valence-electron chi connectivity index (χ3n) is 3.14. The maximum Gasteiger partial charge on any atom is 0.125 e. The lowest BCUT2D eigenvalue weighted by Crippen LogP contribution is -1.91. The number of aryl methyl sites for hydroxylation is 1. The molecule has 0 bridgehead atoms. The van der Waals surface area contributed by atoms with Crippen molar-refractivity contribution in [3.8, 4) is 17.2 Å². The lowest BCUT2D eigenvalue weighted by atomic mass is 10.00. The fraction of sp³-hybridized carbons (Fsp3) is 0.200. The van der Waals surface area contributed by atoms with Crippen LogP contribution >= 0.6 is 0 Å². The van der Waals surface area contributed by atoms with Gasteiger partial charge in [-0.25, -0.2) is 0 Å². The molecule has 3 heteroatoms. The third kappa shape index (κ3) is 2.25. The van der Waals surface area contributed by atoms with Gasteiger partial charge in [-0.15, -0.1) is 0 Å². The van der Waals surface area contributed by atoms with E-state index in [0.717, 1.165) is 16.7 Å². The summed E-state index contributed by atoms with van der Waals surface area (Å²) in [4.78, 5) is 0. The van der Waals surface area contributed by atoms with Gasteiger partial charge in [-0.3, -0.25) is 0 Å². The maximum absolute atomic E-state index is 9.95. The Bertz CT molecular complexity index is 589.